The fourth-order valence-electron chi connectivity index (χ4n) is 3.43. The Kier molecular flexibility index (Phi) is 7.75. The summed E-state index contributed by atoms with van der Waals surface area (Å²) < 4.78 is 34.1. The number of nitrogens with one attached hydrogen (secondary N) is 1. The first-order valence-electron chi connectivity index (χ1n) is 11.0. The summed E-state index contributed by atoms with van der Waals surface area (Å²) in [7, 11) is 0. The Morgan fingerprint density at radius 3 is 2.41 bits per heavy atom. The van der Waals surface area contributed by atoms with Crippen molar-refractivity contribution in [2.75, 3.05) is 0 Å². The molecule has 0 aliphatic heterocycles. The second-order valence-electron chi connectivity index (χ2n) is 8.87. The zero-order valence-corrected chi connectivity index (χ0v) is 19.6. The fourth-order valence-corrected chi connectivity index (χ4v) is 3.43. The molecule has 2 heterocycles. The first kappa shape index (κ1) is 25.0. The number of hydrogen-bond donors (Lipinski definition) is 1. The molecular weight excluding hydrogens is 442 g/mol. The van der Waals surface area contributed by atoms with Crippen LogP contribution in [0.15, 0.2) is 48.8 Å². The van der Waals surface area contributed by atoms with Crippen LogP contribution in [0.2, 0.25) is 0 Å². The SMILES string of the molecule is CCn1nc(-c2ccncc2)cc1CC(=O)[C@H](Cc1ccc(F)c(F)c1)NC(=O)OC(C)(C)C. The van der Waals surface area contributed by atoms with E-state index < -0.39 is 29.4 Å². The number of benzene rings is 1. The van der Waals surface area contributed by atoms with E-state index >= 15 is 0 Å². The van der Waals surface area contributed by atoms with Gasteiger partial charge in [-0.25, -0.2) is 13.6 Å². The van der Waals surface area contributed by atoms with Gasteiger partial charge in [0.05, 0.1) is 18.2 Å². The van der Waals surface area contributed by atoms with Gasteiger partial charge >= 0.3 is 6.09 Å². The highest BCUT2D eigenvalue weighted by molar-refractivity contribution is 5.89. The summed E-state index contributed by atoms with van der Waals surface area (Å²) in [4.78, 5) is 29.7. The van der Waals surface area contributed by atoms with Crippen LogP contribution in [0.5, 0.6) is 0 Å². The second kappa shape index (κ2) is 10.5. The molecular formula is C25H28F2N4O3. The van der Waals surface area contributed by atoms with Crippen molar-refractivity contribution in [1.82, 2.24) is 20.1 Å². The number of nitrogens with zero attached hydrogens (tertiary/aromatic N) is 3. The summed E-state index contributed by atoms with van der Waals surface area (Å²) >= 11 is 0. The predicted octanol–water partition coefficient (Wildman–Crippen LogP) is 4.49. The third-order valence-electron chi connectivity index (χ3n) is 5.00. The summed E-state index contributed by atoms with van der Waals surface area (Å²) in [5.41, 5.74) is 1.83. The predicted molar refractivity (Wildman–Crippen MR) is 123 cm³/mol. The highest BCUT2D eigenvalue weighted by Crippen LogP contribution is 2.20. The standard InChI is InChI=1S/C25H28F2N4O3/c1-5-31-18(14-21(30-31)17-8-10-28-11-9-17)15-23(32)22(29-24(33)34-25(2,3)4)13-16-6-7-19(26)20(27)12-16/h6-12,14,22H,5,13,15H2,1-4H3,(H,29,33)/t22-/m0/s1. The number of ether oxygens (including phenoxy) is 1. The first-order valence-corrected chi connectivity index (χ1v) is 11.0. The highest BCUT2D eigenvalue weighted by Gasteiger charge is 2.26. The van der Waals surface area contributed by atoms with Crippen LogP contribution in [-0.4, -0.2) is 38.3 Å². The second-order valence-corrected chi connectivity index (χ2v) is 8.87. The number of rotatable bonds is 8. The molecule has 3 aromatic rings. The van der Waals surface area contributed by atoms with Gasteiger partial charge in [0.15, 0.2) is 17.4 Å². The third-order valence-corrected chi connectivity index (χ3v) is 5.00. The maximum atomic E-state index is 13.7. The number of carbonyl (C=O) groups excluding carboxylic acids is 2. The Morgan fingerprint density at radius 2 is 1.79 bits per heavy atom. The quantitative estimate of drug-likeness (QED) is 0.524. The van der Waals surface area contributed by atoms with E-state index in [4.69, 9.17) is 4.74 Å². The number of hydrogen-bond acceptors (Lipinski definition) is 5. The van der Waals surface area contributed by atoms with Crippen molar-refractivity contribution in [3.63, 3.8) is 0 Å². The number of halogens is 2. The van der Waals surface area contributed by atoms with Gasteiger partial charge in [-0.15, -0.1) is 0 Å². The molecule has 7 nitrogen and oxygen atoms in total. The van der Waals surface area contributed by atoms with Crippen molar-refractivity contribution < 1.29 is 23.1 Å². The number of ketones is 1. The minimum Gasteiger partial charge on any atom is -0.444 e. The maximum absolute atomic E-state index is 13.7. The largest absolute Gasteiger partial charge is 0.444 e. The smallest absolute Gasteiger partial charge is 0.408 e. The van der Waals surface area contributed by atoms with Gasteiger partial charge in [-0.05, 0) is 70.0 Å². The van der Waals surface area contributed by atoms with Crippen molar-refractivity contribution in [3.05, 3.63) is 71.7 Å². The molecule has 1 aromatic carbocycles. The molecule has 0 bridgehead atoms. The number of pyridine rings is 1. The van der Waals surface area contributed by atoms with E-state index in [1.807, 2.05) is 25.1 Å². The Hall–Kier alpha value is -3.62. The average molecular weight is 471 g/mol. The molecule has 0 aliphatic rings. The van der Waals surface area contributed by atoms with Crippen LogP contribution in [0.1, 0.15) is 39.0 Å². The molecule has 0 spiro atoms. The van der Waals surface area contributed by atoms with Crippen LogP contribution in [0.4, 0.5) is 13.6 Å². The minimum atomic E-state index is -1.02. The molecule has 34 heavy (non-hydrogen) atoms. The van der Waals surface area contributed by atoms with Crippen molar-refractivity contribution in [2.24, 2.45) is 0 Å². The molecule has 1 atom stereocenters. The number of aryl methyl sites for hydroxylation is 1. The van der Waals surface area contributed by atoms with Gasteiger partial charge in [0.1, 0.15) is 5.60 Å². The number of alkyl carbamates (subject to hydrolysis) is 1. The van der Waals surface area contributed by atoms with E-state index in [1.165, 1.54) is 6.07 Å². The Labute approximate surface area is 197 Å². The van der Waals surface area contributed by atoms with Crippen LogP contribution in [0, 0.1) is 11.6 Å². The molecule has 0 aliphatic carbocycles. The third kappa shape index (κ3) is 6.69. The normalized spacial score (nSPS) is 12.3. The monoisotopic (exact) mass is 470 g/mol. The lowest BCUT2D eigenvalue weighted by Gasteiger charge is -2.23. The van der Waals surface area contributed by atoms with Crippen LogP contribution in [0.25, 0.3) is 11.3 Å². The molecule has 2 aromatic heterocycles. The molecule has 0 unspecified atom stereocenters. The summed E-state index contributed by atoms with van der Waals surface area (Å²) in [5.74, 6) is -2.32. The van der Waals surface area contributed by atoms with Crippen molar-refractivity contribution in [3.8, 4) is 11.3 Å². The summed E-state index contributed by atoms with van der Waals surface area (Å²) in [5, 5.41) is 7.15. The lowest BCUT2D eigenvalue weighted by atomic mass is 9.99. The first-order chi connectivity index (χ1) is 16.1. The minimum absolute atomic E-state index is 0.0178. The van der Waals surface area contributed by atoms with Gasteiger partial charge in [-0.1, -0.05) is 6.07 Å². The number of amides is 1. The van der Waals surface area contributed by atoms with E-state index in [-0.39, 0.29) is 18.6 Å². The van der Waals surface area contributed by atoms with E-state index in [0.29, 0.717) is 23.5 Å². The van der Waals surface area contributed by atoms with Gasteiger partial charge in [0.2, 0.25) is 0 Å². The molecule has 1 amide bonds. The van der Waals surface area contributed by atoms with Gasteiger partial charge in [-0.3, -0.25) is 14.5 Å². The van der Waals surface area contributed by atoms with E-state index in [0.717, 1.165) is 17.7 Å². The van der Waals surface area contributed by atoms with Crippen LogP contribution in [-0.2, 0) is 28.9 Å². The molecule has 0 fully saturated rings. The Balaban J connectivity index is 1.84. The molecule has 0 saturated carbocycles. The number of aromatic nitrogens is 3. The summed E-state index contributed by atoms with van der Waals surface area (Å²) in [6.45, 7) is 7.58. The van der Waals surface area contributed by atoms with Gasteiger partial charge < -0.3 is 10.1 Å². The molecule has 1 N–H and O–H groups in total. The van der Waals surface area contributed by atoms with Crippen molar-refractivity contribution >= 4 is 11.9 Å². The zero-order valence-electron chi connectivity index (χ0n) is 19.6. The van der Waals surface area contributed by atoms with E-state index in [1.54, 1.807) is 37.8 Å². The Morgan fingerprint density at radius 1 is 1.09 bits per heavy atom. The van der Waals surface area contributed by atoms with E-state index in [2.05, 4.69) is 15.4 Å². The highest BCUT2D eigenvalue weighted by atomic mass is 19.2. The zero-order chi connectivity index (χ0) is 24.9. The van der Waals surface area contributed by atoms with Crippen molar-refractivity contribution in [1.29, 1.82) is 0 Å². The number of Topliss-reactive ketones (excluding diaryl/α,β-unsaturated/α-hetero) is 1. The van der Waals surface area contributed by atoms with Gasteiger partial charge in [-0.2, -0.15) is 5.10 Å². The van der Waals surface area contributed by atoms with Gasteiger partial charge in [0, 0.05) is 30.2 Å². The van der Waals surface area contributed by atoms with Crippen LogP contribution >= 0.6 is 0 Å². The fraction of sp³-hybridized carbons (Fsp3) is 0.360. The van der Waals surface area contributed by atoms with E-state index in [9.17, 15) is 18.4 Å². The topological polar surface area (TPSA) is 86.1 Å². The average Bonchev–Trinajstić information content (AvgIpc) is 3.18. The number of carbonyl (C=O) groups is 2. The maximum Gasteiger partial charge on any atom is 0.408 e. The molecule has 0 saturated heterocycles. The summed E-state index contributed by atoms with van der Waals surface area (Å²) in [6.07, 6.45) is 2.51. The lowest BCUT2D eigenvalue weighted by molar-refractivity contribution is -0.120. The molecule has 0 radical (unpaired) electrons. The molecule has 3 rings (SSSR count). The summed E-state index contributed by atoms with van der Waals surface area (Å²) in [6, 6.07) is 7.85. The Bertz CT molecular complexity index is 1160. The van der Waals surface area contributed by atoms with Crippen LogP contribution in [0.3, 0.4) is 0 Å². The van der Waals surface area contributed by atoms with Crippen molar-refractivity contribution in [2.45, 2.75) is 58.7 Å². The van der Waals surface area contributed by atoms with Gasteiger partial charge in [0.25, 0.3) is 0 Å². The lowest BCUT2D eigenvalue weighted by Crippen LogP contribution is -2.45. The molecule has 9 heteroatoms. The molecule has 180 valence electrons. The van der Waals surface area contributed by atoms with Crippen LogP contribution < -0.4 is 5.32 Å².